The monoisotopic (exact) mass is 280 g/mol. The van der Waals surface area contributed by atoms with Crippen molar-refractivity contribution >= 4 is 13.3 Å². The topological polar surface area (TPSA) is 0 Å². The molecule has 0 unspecified atom stereocenters. The lowest BCUT2D eigenvalue weighted by Gasteiger charge is -2.31. The van der Waals surface area contributed by atoms with Gasteiger partial charge in [0, 0.05) is 0 Å². The van der Waals surface area contributed by atoms with Gasteiger partial charge in [-0.2, -0.15) is 0 Å². The van der Waals surface area contributed by atoms with Gasteiger partial charge in [-0.1, -0.05) is 86.6 Å². The first-order chi connectivity index (χ1) is 9.75. The fourth-order valence-electron chi connectivity index (χ4n) is 3.95. The van der Waals surface area contributed by atoms with Gasteiger partial charge in [-0.15, -0.1) is 0 Å². The number of hydrogen-bond donors (Lipinski definition) is 0. The lowest BCUT2D eigenvalue weighted by atomic mass is 10.1. The largest absolute Gasteiger partial charge is 0.0867 e. The molecule has 0 radical (unpaired) electrons. The molecule has 0 heterocycles. The summed E-state index contributed by atoms with van der Waals surface area (Å²) < 4.78 is 0. The molecule has 104 valence electrons. The minimum atomic E-state index is -1.32. The Labute approximate surface area is 123 Å². The van der Waals surface area contributed by atoms with Crippen molar-refractivity contribution in [3.8, 4) is 11.1 Å². The molecule has 0 atom stereocenters. The molecule has 0 spiro atoms. The Morgan fingerprint density at radius 1 is 0.800 bits per heavy atom. The molecule has 1 heteroatoms. The molecule has 0 amide bonds. The minimum absolute atomic E-state index is 1.13. The van der Waals surface area contributed by atoms with Crippen LogP contribution in [0, 0.1) is 0 Å². The van der Waals surface area contributed by atoms with E-state index in [0.717, 1.165) is 6.42 Å². The van der Waals surface area contributed by atoms with Gasteiger partial charge in [0.1, 0.15) is 0 Å². The van der Waals surface area contributed by atoms with Crippen LogP contribution in [0.2, 0.25) is 18.1 Å². The second-order valence-corrected chi connectivity index (χ2v) is 11.2. The average Bonchev–Trinajstić information content (AvgIpc) is 2.88. The van der Waals surface area contributed by atoms with Gasteiger partial charge in [0.15, 0.2) is 0 Å². The maximum atomic E-state index is 2.43. The highest BCUT2D eigenvalue weighted by molar-refractivity contribution is 6.92. The molecule has 1 aliphatic carbocycles. The third kappa shape index (κ3) is 1.88. The van der Waals surface area contributed by atoms with Crippen LogP contribution in [-0.2, 0) is 6.42 Å². The molecule has 20 heavy (non-hydrogen) atoms. The predicted octanol–water partition coefficient (Wildman–Crippen LogP) is 4.97. The molecule has 0 saturated carbocycles. The second-order valence-electron chi connectivity index (χ2n) is 6.01. The molecule has 2 aromatic rings. The van der Waals surface area contributed by atoms with Crippen molar-refractivity contribution in [3.63, 3.8) is 0 Å². The van der Waals surface area contributed by atoms with Gasteiger partial charge in [-0.05, 0) is 28.7 Å². The first-order valence-electron chi connectivity index (χ1n) is 7.96. The minimum Gasteiger partial charge on any atom is -0.0675 e. The van der Waals surface area contributed by atoms with Crippen LogP contribution >= 0.6 is 0 Å². The molecular formula is C19H24Si. The van der Waals surface area contributed by atoms with Gasteiger partial charge < -0.3 is 0 Å². The Kier molecular flexibility index (Phi) is 3.55. The zero-order chi connectivity index (χ0) is 14.2. The first-order valence-corrected chi connectivity index (χ1v) is 10.6. The number of rotatable bonds is 4. The maximum absolute atomic E-state index is 2.43. The highest BCUT2D eigenvalue weighted by atomic mass is 28.3. The molecule has 0 saturated heterocycles. The van der Waals surface area contributed by atoms with E-state index in [1.807, 2.05) is 0 Å². The molecule has 0 aromatic heterocycles. The van der Waals surface area contributed by atoms with E-state index in [0.29, 0.717) is 0 Å². The van der Waals surface area contributed by atoms with Crippen LogP contribution in [-0.4, -0.2) is 8.07 Å². The molecule has 0 bridgehead atoms. The van der Waals surface area contributed by atoms with Crippen molar-refractivity contribution in [2.24, 2.45) is 0 Å². The Morgan fingerprint density at radius 3 is 2.15 bits per heavy atom. The summed E-state index contributed by atoms with van der Waals surface area (Å²) >= 11 is 0. The Hall–Kier alpha value is -1.34. The highest BCUT2D eigenvalue weighted by Gasteiger charge is 2.34. The molecule has 0 fully saturated rings. The van der Waals surface area contributed by atoms with Gasteiger partial charge in [-0.25, -0.2) is 0 Å². The lowest BCUT2D eigenvalue weighted by Crippen LogP contribution is -2.46. The van der Waals surface area contributed by atoms with E-state index in [-0.39, 0.29) is 0 Å². The zero-order valence-electron chi connectivity index (χ0n) is 12.9. The van der Waals surface area contributed by atoms with Crippen molar-refractivity contribution in [3.05, 3.63) is 53.6 Å². The van der Waals surface area contributed by atoms with Crippen LogP contribution in [0.25, 0.3) is 11.1 Å². The van der Waals surface area contributed by atoms with Gasteiger partial charge in [0.2, 0.25) is 0 Å². The summed E-state index contributed by atoms with van der Waals surface area (Å²) in [5.41, 5.74) is 6.17. The third-order valence-electron chi connectivity index (χ3n) is 5.42. The van der Waals surface area contributed by atoms with Crippen LogP contribution in [0.4, 0.5) is 0 Å². The molecule has 0 nitrogen and oxygen atoms in total. The van der Waals surface area contributed by atoms with Crippen molar-refractivity contribution in [1.82, 2.24) is 0 Å². The molecule has 0 aliphatic heterocycles. The Balaban J connectivity index is 2.25. The number of fused-ring (bicyclic) bond motifs is 3. The van der Waals surface area contributed by atoms with Crippen molar-refractivity contribution in [2.75, 3.05) is 0 Å². The van der Waals surface area contributed by atoms with Crippen molar-refractivity contribution in [1.29, 1.82) is 0 Å². The molecule has 3 rings (SSSR count). The summed E-state index contributed by atoms with van der Waals surface area (Å²) in [6.07, 6.45) is 1.13. The molecule has 2 aromatic carbocycles. The SMILES string of the molecule is CC[Si](CC)(CC)c1cccc2c1-c1ccccc1C2. The first kappa shape index (κ1) is 13.6. The molecule has 1 aliphatic rings. The maximum Gasteiger partial charge on any atom is 0.0867 e. The van der Waals surface area contributed by atoms with Gasteiger partial charge in [0.05, 0.1) is 8.07 Å². The smallest absolute Gasteiger partial charge is 0.0675 e. The van der Waals surface area contributed by atoms with Gasteiger partial charge in [0.25, 0.3) is 0 Å². The number of benzene rings is 2. The summed E-state index contributed by atoms with van der Waals surface area (Å²) in [4.78, 5) is 0. The number of hydrogen-bond acceptors (Lipinski definition) is 0. The predicted molar refractivity (Wildman–Crippen MR) is 91.5 cm³/mol. The van der Waals surface area contributed by atoms with E-state index >= 15 is 0 Å². The summed E-state index contributed by atoms with van der Waals surface area (Å²) in [5, 5.41) is 1.72. The Bertz CT molecular complexity index is 615. The molecular weight excluding hydrogens is 256 g/mol. The van der Waals surface area contributed by atoms with Crippen molar-refractivity contribution in [2.45, 2.75) is 45.3 Å². The van der Waals surface area contributed by atoms with E-state index < -0.39 is 8.07 Å². The van der Waals surface area contributed by atoms with Crippen molar-refractivity contribution < 1.29 is 0 Å². The van der Waals surface area contributed by atoms with Crippen LogP contribution in [0.5, 0.6) is 0 Å². The average molecular weight is 280 g/mol. The third-order valence-corrected chi connectivity index (χ3v) is 11.0. The quantitative estimate of drug-likeness (QED) is 0.592. The fraction of sp³-hybridized carbons (Fsp3) is 0.368. The molecule has 0 N–H and O–H groups in total. The van der Waals surface area contributed by atoms with E-state index in [4.69, 9.17) is 0 Å². The second kappa shape index (κ2) is 5.21. The van der Waals surface area contributed by atoms with E-state index in [2.05, 4.69) is 63.2 Å². The highest BCUT2D eigenvalue weighted by Crippen LogP contribution is 2.37. The fourth-order valence-corrected chi connectivity index (χ4v) is 7.87. The summed E-state index contributed by atoms with van der Waals surface area (Å²) in [6.45, 7) is 7.21. The standard InChI is InChI=1S/C19H24Si/c1-4-20(5-2,6-3)18-13-9-11-16-14-15-10-7-8-12-17(15)19(16)18/h7-13H,4-6,14H2,1-3H3. The van der Waals surface area contributed by atoms with Gasteiger partial charge >= 0.3 is 0 Å². The van der Waals surface area contributed by atoms with Gasteiger partial charge in [-0.3, -0.25) is 0 Å². The van der Waals surface area contributed by atoms with Crippen LogP contribution < -0.4 is 5.19 Å². The van der Waals surface area contributed by atoms with E-state index in [1.165, 1.54) is 29.3 Å². The van der Waals surface area contributed by atoms with Crippen LogP contribution in [0.15, 0.2) is 42.5 Å². The summed E-state index contributed by atoms with van der Waals surface area (Å²) in [7, 11) is -1.32. The Morgan fingerprint density at radius 2 is 1.45 bits per heavy atom. The lowest BCUT2D eigenvalue weighted by molar-refractivity contribution is 1.19. The normalized spacial score (nSPS) is 13.2. The van der Waals surface area contributed by atoms with E-state index in [9.17, 15) is 0 Å². The van der Waals surface area contributed by atoms with Crippen LogP contribution in [0.1, 0.15) is 31.9 Å². The van der Waals surface area contributed by atoms with E-state index in [1.54, 1.807) is 16.3 Å². The van der Waals surface area contributed by atoms with Crippen LogP contribution in [0.3, 0.4) is 0 Å². The summed E-state index contributed by atoms with van der Waals surface area (Å²) in [6, 6.07) is 20.1. The zero-order valence-corrected chi connectivity index (χ0v) is 13.9. The summed E-state index contributed by atoms with van der Waals surface area (Å²) in [5.74, 6) is 0.